The van der Waals surface area contributed by atoms with Crippen LogP contribution in [0.15, 0.2) is 67.0 Å². The lowest BCUT2D eigenvalue weighted by molar-refractivity contribution is -0.136. The van der Waals surface area contributed by atoms with Crippen molar-refractivity contribution in [1.29, 1.82) is 0 Å². The number of pyridine rings is 1. The summed E-state index contributed by atoms with van der Waals surface area (Å²) < 4.78 is 28.5. The van der Waals surface area contributed by atoms with Crippen LogP contribution < -0.4 is 4.72 Å². The lowest BCUT2D eigenvalue weighted by Gasteiger charge is -2.15. The summed E-state index contributed by atoms with van der Waals surface area (Å²) in [7, 11) is -3.60. The molecular weight excluding hydrogens is 490 g/mol. The number of carboxylic acid groups (broad SMARTS) is 1. The Balaban J connectivity index is 1.47. The van der Waals surface area contributed by atoms with Gasteiger partial charge in [0.15, 0.2) is 5.78 Å². The molecule has 1 aliphatic rings. The van der Waals surface area contributed by atoms with E-state index >= 15 is 0 Å². The van der Waals surface area contributed by atoms with Crippen molar-refractivity contribution in [2.24, 2.45) is 0 Å². The third-order valence-corrected chi connectivity index (χ3v) is 8.68. The van der Waals surface area contributed by atoms with E-state index < -0.39 is 21.2 Å². The third-order valence-electron chi connectivity index (χ3n) is 6.83. The molecule has 0 amide bonds. The molecule has 1 aliphatic carbocycles. The van der Waals surface area contributed by atoms with Gasteiger partial charge in [0.1, 0.15) is 5.65 Å². The summed E-state index contributed by atoms with van der Waals surface area (Å²) in [4.78, 5) is 32.1. The van der Waals surface area contributed by atoms with E-state index in [1.165, 1.54) is 0 Å². The molecule has 0 bridgehead atoms. The third kappa shape index (κ3) is 5.27. The number of para-hydroxylation sites is 1. The number of aromatic nitrogens is 2. The highest BCUT2D eigenvalue weighted by atomic mass is 32.2. The highest BCUT2D eigenvalue weighted by Crippen LogP contribution is 2.31. The molecule has 0 radical (unpaired) electrons. The number of hydrogen-bond donors (Lipinski definition) is 3. The van der Waals surface area contributed by atoms with Crippen molar-refractivity contribution in [3.8, 4) is 11.1 Å². The molecule has 1 saturated carbocycles. The van der Waals surface area contributed by atoms with Crippen molar-refractivity contribution in [3.63, 3.8) is 0 Å². The van der Waals surface area contributed by atoms with Gasteiger partial charge >= 0.3 is 5.97 Å². The van der Waals surface area contributed by atoms with E-state index in [9.17, 15) is 18.0 Å². The number of nitrogens with one attached hydrogen (secondary N) is 2. The first-order valence-corrected chi connectivity index (χ1v) is 13.8. The van der Waals surface area contributed by atoms with E-state index in [1.54, 1.807) is 36.7 Å². The molecule has 8 nitrogen and oxygen atoms in total. The number of aryl methyl sites for hydroxylation is 1. The maximum absolute atomic E-state index is 13.7. The standard InChI is InChI=1S/C28H27N3O5S/c32-26(33)13-12-18-6-5-7-19(14-18)20-15-23-24(17-30-28(23)29-16-20)27(34)22-10-3-4-11-25(22)31-37(35,36)21-8-1-2-9-21/h3-7,10-11,14-17,21,31H,1-2,8-9,12-13H2,(H,29,30)(H,32,33). The number of anilines is 1. The number of hydrogen-bond acceptors (Lipinski definition) is 5. The molecule has 4 aromatic rings. The Kier molecular flexibility index (Phi) is 6.80. The predicted molar refractivity (Wildman–Crippen MR) is 142 cm³/mol. The molecule has 9 heteroatoms. The van der Waals surface area contributed by atoms with Gasteiger partial charge in [-0.2, -0.15) is 0 Å². The molecule has 2 aromatic heterocycles. The number of ketones is 1. The zero-order valence-corrected chi connectivity index (χ0v) is 20.9. The highest BCUT2D eigenvalue weighted by molar-refractivity contribution is 7.93. The van der Waals surface area contributed by atoms with Gasteiger partial charge < -0.3 is 10.1 Å². The Labute approximate surface area is 214 Å². The second-order valence-corrected chi connectivity index (χ2v) is 11.3. The zero-order chi connectivity index (χ0) is 26.0. The maximum atomic E-state index is 13.7. The number of carboxylic acids is 1. The number of fused-ring (bicyclic) bond motifs is 1. The summed E-state index contributed by atoms with van der Waals surface area (Å²) in [6.45, 7) is 0. The van der Waals surface area contributed by atoms with Gasteiger partial charge in [-0.3, -0.25) is 14.3 Å². The number of nitrogens with zero attached hydrogens (tertiary/aromatic N) is 1. The minimum absolute atomic E-state index is 0.0428. The van der Waals surface area contributed by atoms with Crippen LogP contribution in [0.5, 0.6) is 0 Å². The van der Waals surface area contributed by atoms with E-state index in [-0.39, 0.29) is 23.5 Å². The molecule has 2 heterocycles. The van der Waals surface area contributed by atoms with Crippen LogP contribution in [-0.2, 0) is 21.2 Å². The van der Waals surface area contributed by atoms with Crippen LogP contribution in [0.25, 0.3) is 22.2 Å². The first kappa shape index (κ1) is 24.7. The summed E-state index contributed by atoms with van der Waals surface area (Å²) in [5.41, 5.74) is 4.01. The fourth-order valence-corrected chi connectivity index (χ4v) is 6.46. The van der Waals surface area contributed by atoms with Crippen LogP contribution in [0.4, 0.5) is 5.69 Å². The number of rotatable bonds is 9. The Morgan fingerprint density at radius 3 is 2.57 bits per heavy atom. The molecule has 1 fully saturated rings. The van der Waals surface area contributed by atoms with Crippen LogP contribution >= 0.6 is 0 Å². The SMILES string of the molecule is O=C(O)CCc1cccc(-c2cnc3[nH]cc(C(=O)c4ccccc4NS(=O)(=O)C4CCCC4)c3c2)c1. The first-order valence-electron chi connectivity index (χ1n) is 12.3. The number of sulfonamides is 1. The summed E-state index contributed by atoms with van der Waals surface area (Å²) in [5.74, 6) is -1.17. The molecule has 5 rings (SSSR count). The van der Waals surface area contributed by atoms with Crippen LogP contribution in [0, 0.1) is 0 Å². The summed E-state index contributed by atoms with van der Waals surface area (Å²) >= 11 is 0. The van der Waals surface area contributed by atoms with Gasteiger partial charge in [-0.05, 0) is 48.6 Å². The van der Waals surface area contributed by atoms with Crippen molar-refractivity contribution < 1.29 is 23.1 Å². The van der Waals surface area contributed by atoms with E-state index in [4.69, 9.17) is 5.11 Å². The summed E-state index contributed by atoms with van der Waals surface area (Å²) in [6.07, 6.45) is 6.78. The Hall–Kier alpha value is -3.98. The lowest BCUT2D eigenvalue weighted by atomic mass is 9.99. The molecule has 2 aromatic carbocycles. The van der Waals surface area contributed by atoms with Crippen LogP contribution in [-0.4, -0.2) is 40.5 Å². The van der Waals surface area contributed by atoms with Crippen molar-refractivity contribution in [1.82, 2.24) is 9.97 Å². The maximum Gasteiger partial charge on any atom is 0.303 e. The largest absolute Gasteiger partial charge is 0.481 e. The second-order valence-electron chi connectivity index (χ2n) is 9.34. The van der Waals surface area contributed by atoms with Crippen molar-refractivity contribution in [2.45, 2.75) is 43.8 Å². The molecule has 0 atom stereocenters. The molecule has 3 N–H and O–H groups in total. The normalized spacial score (nSPS) is 14.2. The molecule has 0 saturated heterocycles. The Morgan fingerprint density at radius 1 is 1.00 bits per heavy atom. The first-order chi connectivity index (χ1) is 17.8. The van der Waals surface area contributed by atoms with E-state index in [0.717, 1.165) is 29.5 Å². The van der Waals surface area contributed by atoms with Crippen molar-refractivity contribution in [3.05, 3.63) is 83.7 Å². The minimum Gasteiger partial charge on any atom is -0.481 e. The Morgan fingerprint density at radius 2 is 1.78 bits per heavy atom. The van der Waals surface area contributed by atoms with Crippen LogP contribution in [0.2, 0.25) is 0 Å². The number of carbonyl (C=O) groups is 2. The van der Waals surface area contributed by atoms with Gasteiger partial charge in [0.25, 0.3) is 0 Å². The molecule has 0 aliphatic heterocycles. The average molecular weight is 518 g/mol. The van der Waals surface area contributed by atoms with Crippen LogP contribution in [0.1, 0.15) is 53.6 Å². The fraction of sp³-hybridized carbons (Fsp3) is 0.250. The van der Waals surface area contributed by atoms with Gasteiger partial charge in [-0.15, -0.1) is 0 Å². The lowest BCUT2D eigenvalue weighted by Crippen LogP contribution is -2.26. The summed E-state index contributed by atoms with van der Waals surface area (Å²) in [5, 5.41) is 9.16. The molecule has 0 unspecified atom stereocenters. The van der Waals surface area contributed by atoms with Gasteiger partial charge in [0.2, 0.25) is 10.0 Å². The Bertz CT molecular complexity index is 1590. The number of benzene rings is 2. The van der Waals surface area contributed by atoms with Gasteiger partial charge in [-0.1, -0.05) is 49.2 Å². The zero-order valence-electron chi connectivity index (χ0n) is 20.1. The fourth-order valence-electron chi connectivity index (χ4n) is 4.86. The van der Waals surface area contributed by atoms with Crippen molar-refractivity contribution >= 4 is 38.5 Å². The van der Waals surface area contributed by atoms with E-state index in [0.29, 0.717) is 35.9 Å². The van der Waals surface area contributed by atoms with Crippen LogP contribution in [0.3, 0.4) is 0 Å². The van der Waals surface area contributed by atoms with Crippen molar-refractivity contribution in [2.75, 3.05) is 4.72 Å². The number of carbonyl (C=O) groups excluding carboxylic acids is 1. The molecule has 0 spiro atoms. The highest BCUT2D eigenvalue weighted by Gasteiger charge is 2.30. The minimum atomic E-state index is -3.60. The topological polar surface area (TPSA) is 129 Å². The van der Waals surface area contributed by atoms with Gasteiger partial charge in [-0.25, -0.2) is 13.4 Å². The number of aromatic amines is 1. The van der Waals surface area contributed by atoms with Gasteiger partial charge in [0, 0.05) is 40.9 Å². The monoisotopic (exact) mass is 517 g/mol. The van der Waals surface area contributed by atoms with E-state index in [2.05, 4.69) is 14.7 Å². The smallest absolute Gasteiger partial charge is 0.303 e. The number of aliphatic carboxylic acids is 1. The average Bonchev–Trinajstić information content (AvgIpc) is 3.58. The second kappa shape index (κ2) is 10.2. The molecule has 37 heavy (non-hydrogen) atoms. The number of H-pyrrole nitrogens is 1. The quantitative estimate of drug-likeness (QED) is 0.263. The van der Waals surface area contributed by atoms with E-state index in [1.807, 2.05) is 30.3 Å². The summed E-state index contributed by atoms with van der Waals surface area (Å²) in [6, 6.07) is 16.1. The van der Waals surface area contributed by atoms with Gasteiger partial charge in [0.05, 0.1) is 10.9 Å². The molecule has 190 valence electrons. The molecular formula is C28H27N3O5S. The predicted octanol–water partition coefficient (Wildman–Crippen LogP) is 5.16.